The monoisotopic (exact) mass is 232 g/mol. The molecule has 5 nitrogen and oxygen atoms in total. The first-order valence-corrected chi connectivity index (χ1v) is 5.00. The summed E-state index contributed by atoms with van der Waals surface area (Å²) in [6.45, 7) is 0. The standard InChI is InChI=1S/4CO.H2O.Ru/c4*1-2;;/h;;;;1H2;. The van der Waals surface area contributed by atoms with E-state index in [0.717, 1.165) is 17.9 Å². The maximum atomic E-state index is 9.68. The quantitative estimate of drug-likeness (QED) is 0.433. The summed E-state index contributed by atoms with van der Waals surface area (Å²) >= 11 is -4.22. The van der Waals surface area contributed by atoms with Crippen LogP contribution in [0.4, 0.5) is 0 Å². The summed E-state index contributed by atoms with van der Waals surface area (Å²) in [7, 11) is 0. The van der Waals surface area contributed by atoms with Crippen LogP contribution in [0.1, 0.15) is 0 Å². The predicted octanol–water partition coefficient (Wildman–Crippen LogP) is -2.42. The van der Waals surface area contributed by atoms with Crippen LogP contribution in [0, 0.1) is 0 Å². The van der Waals surface area contributed by atoms with Crippen molar-refractivity contribution in [1.82, 2.24) is 0 Å². The van der Waals surface area contributed by atoms with Gasteiger partial charge in [0.2, 0.25) is 0 Å². The van der Waals surface area contributed by atoms with Crippen LogP contribution in [0.2, 0.25) is 0 Å². The first-order valence-electron chi connectivity index (χ1n) is 1.52. The van der Waals surface area contributed by atoms with Crippen molar-refractivity contribution < 1.29 is 37.6 Å². The third kappa shape index (κ3) is 2.02. The van der Waals surface area contributed by atoms with Gasteiger partial charge in [0.05, 0.1) is 0 Å². The van der Waals surface area contributed by atoms with Gasteiger partial charge < -0.3 is 5.48 Å². The zero-order chi connectivity index (χ0) is 7.33. The SMILES string of the molecule is O.O=[C]=[Ru](=[C]=O)(=[C]=O)=[C]=O. The van der Waals surface area contributed by atoms with Crippen molar-refractivity contribution in [2.75, 3.05) is 0 Å². The third-order valence-electron chi connectivity index (χ3n) is 0.433. The topological polar surface area (TPSA) is 99.8 Å². The van der Waals surface area contributed by atoms with Gasteiger partial charge >= 0.3 is 50.0 Å². The molecule has 2 N–H and O–H groups in total. The van der Waals surface area contributed by atoms with E-state index >= 15 is 0 Å². The van der Waals surface area contributed by atoms with Crippen LogP contribution in [-0.4, -0.2) is 23.4 Å². The average Bonchev–Trinajstić information content (AvgIpc) is 1.95. The molecule has 0 spiro atoms. The Labute approximate surface area is 56.1 Å². The molecule has 0 amide bonds. The van der Waals surface area contributed by atoms with Crippen molar-refractivity contribution in [3.63, 3.8) is 0 Å². The van der Waals surface area contributed by atoms with Gasteiger partial charge in [0.1, 0.15) is 0 Å². The minimum atomic E-state index is -4.22. The van der Waals surface area contributed by atoms with Gasteiger partial charge in [-0.05, 0) is 0 Å². The molecule has 0 aromatic rings. The molecule has 6 heteroatoms. The van der Waals surface area contributed by atoms with Crippen molar-refractivity contribution >= 4 is 17.9 Å². The van der Waals surface area contributed by atoms with E-state index < -0.39 is 13.0 Å². The van der Waals surface area contributed by atoms with Gasteiger partial charge in [-0.3, -0.25) is 0 Å². The summed E-state index contributed by atoms with van der Waals surface area (Å²) in [5.41, 5.74) is 0. The van der Waals surface area contributed by atoms with Gasteiger partial charge in [-0.25, -0.2) is 0 Å². The van der Waals surface area contributed by atoms with E-state index in [1.807, 2.05) is 0 Å². The summed E-state index contributed by atoms with van der Waals surface area (Å²) in [5.74, 6) is 0. The zero-order valence-electron chi connectivity index (χ0n) is 4.49. The van der Waals surface area contributed by atoms with Crippen LogP contribution in [-0.2, 0) is 32.1 Å². The van der Waals surface area contributed by atoms with Gasteiger partial charge in [-0.2, -0.15) is 0 Å². The summed E-state index contributed by atoms with van der Waals surface area (Å²) < 4.78 is 4.06. The van der Waals surface area contributed by atoms with E-state index in [1.165, 1.54) is 0 Å². The first kappa shape index (κ1) is 11.7. The van der Waals surface area contributed by atoms with Crippen molar-refractivity contribution in [2.24, 2.45) is 0 Å². The van der Waals surface area contributed by atoms with Crippen LogP contribution in [0.25, 0.3) is 0 Å². The molecule has 0 rings (SSSR count). The molecule has 0 aliphatic rings. The molecule has 0 atom stereocenters. The molecule has 0 fully saturated rings. The van der Waals surface area contributed by atoms with Crippen LogP contribution < -0.4 is 0 Å². The van der Waals surface area contributed by atoms with Gasteiger partial charge in [0.15, 0.2) is 0 Å². The van der Waals surface area contributed by atoms with E-state index in [4.69, 9.17) is 0 Å². The molecule has 0 unspecified atom stereocenters. The third-order valence-corrected chi connectivity index (χ3v) is 2.56. The Morgan fingerprint density at radius 1 is 0.700 bits per heavy atom. The molecule has 0 saturated carbocycles. The minimum absolute atomic E-state index is 0. The van der Waals surface area contributed by atoms with E-state index in [0.29, 0.717) is 0 Å². The van der Waals surface area contributed by atoms with Gasteiger partial charge in [0, 0.05) is 0 Å². The van der Waals surface area contributed by atoms with Crippen molar-refractivity contribution in [3.8, 4) is 0 Å². The summed E-state index contributed by atoms with van der Waals surface area (Å²) in [5, 5.41) is 0. The second-order valence-corrected chi connectivity index (χ2v) is 4.85. The van der Waals surface area contributed by atoms with E-state index in [9.17, 15) is 19.2 Å². The Balaban J connectivity index is 0. The van der Waals surface area contributed by atoms with Crippen LogP contribution in [0.3, 0.4) is 0 Å². The van der Waals surface area contributed by atoms with E-state index in [1.54, 1.807) is 0 Å². The van der Waals surface area contributed by atoms with Gasteiger partial charge in [0.25, 0.3) is 0 Å². The Kier molecular flexibility index (Phi) is 5.54. The zero-order valence-corrected chi connectivity index (χ0v) is 6.22. The second-order valence-electron chi connectivity index (χ2n) is 0.819. The van der Waals surface area contributed by atoms with Gasteiger partial charge in [-0.1, -0.05) is 0 Å². The molecule has 0 heterocycles. The Morgan fingerprint density at radius 2 is 0.900 bits per heavy atom. The van der Waals surface area contributed by atoms with Crippen molar-refractivity contribution in [3.05, 3.63) is 0 Å². The normalized spacial score (nSPS) is 7.20. The molecule has 0 aliphatic heterocycles. The summed E-state index contributed by atoms with van der Waals surface area (Å²) in [6, 6.07) is 0. The number of carbonyl (C=O) groups excluding carboxylic acids is 4. The van der Waals surface area contributed by atoms with Crippen LogP contribution >= 0.6 is 0 Å². The van der Waals surface area contributed by atoms with Crippen molar-refractivity contribution in [1.29, 1.82) is 0 Å². The molecular weight excluding hydrogens is 229 g/mol. The fraction of sp³-hybridized carbons (Fsp3) is 0. The molecule has 0 aliphatic carbocycles. The molecule has 0 aromatic heterocycles. The fourth-order valence-corrected chi connectivity index (χ4v) is 0.523. The molecule has 56 valence electrons. The predicted molar refractivity (Wildman–Crippen MR) is 26.4 cm³/mol. The molecule has 0 saturated heterocycles. The second kappa shape index (κ2) is 4.75. The average molecular weight is 231 g/mol. The molecule has 0 bridgehead atoms. The molecule has 10 heavy (non-hydrogen) atoms. The van der Waals surface area contributed by atoms with E-state index in [-0.39, 0.29) is 5.48 Å². The van der Waals surface area contributed by atoms with Crippen molar-refractivity contribution in [2.45, 2.75) is 0 Å². The number of rotatable bonds is 0. The first-order chi connectivity index (χ1) is 4.24. The van der Waals surface area contributed by atoms with Crippen LogP contribution in [0.5, 0.6) is 0 Å². The Morgan fingerprint density at radius 3 is 0.900 bits per heavy atom. The Hall–Kier alpha value is -1.10. The van der Waals surface area contributed by atoms with E-state index in [2.05, 4.69) is 0 Å². The molecule has 0 radical (unpaired) electrons. The molecule has 0 aromatic carbocycles. The van der Waals surface area contributed by atoms with Crippen LogP contribution in [0.15, 0.2) is 0 Å². The van der Waals surface area contributed by atoms with Gasteiger partial charge in [-0.15, -0.1) is 0 Å². The number of hydrogen-bond donors (Lipinski definition) is 0. The Bertz CT molecular complexity index is 360. The number of hydrogen-bond acceptors (Lipinski definition) is 4. The summed E-state index contributed by atoms with van der Waals surface area (Å²) in [4.78, 5) is 38.7. The maximum absolute atomic E-state index is 9.68. The summed E-state index contributed by atoms with van der Waals surface area (Å²) in [6.07, 6.45) is 0. The fourth-order valence-electron chi connectivity index (χ4n) is 0.0884. The molecular formula is C4H2O5Ru.